The summed E-state index contributed by atoms with van der Waals surface area (Å²) < 4.78 is 0. The minimum atomic E-state index is -0.931. The highest BCUT2D eigenvalue weighted by Gasteiger charge is 2.43. The predicted molar refractivity (Wildman–Crippen MR) is 75.1 cm³/mol. The fourth-order valence-electron chi connectivity index (χ4n) is 2.66. The van der Waals surface area contributed by atoms with Gasteiger partial charge >= 0.3 is 5.97 Å². The van der Waals surface area contributed by atoms with Gasteiger partial charge in [0.25, 0.3) is 0 Å². The van der Waals surface area contributed by atoms with Gasteiger partial charge in [-0.15, -0.1) is 6.58 Å². The van der Waals surface area contributed by atoms with Crippen molar-refractivity contribution in [1.82, 2.24) is 10.6 Å². The highest BCUT2D eigenvalue weighted by Crippen LogP contribution is 2.27. The van der Waals surface area contributed by atoms with Gasteiger partial charge in [0.15, 0.2) is 0 Å². The van der Waals surface area contributed by atoms with Gasteiger partial charge in [0, 0.05) is 13.0 Å². The summed E-state index contributed by atoms with van der Waals surface area (Å²) in [4.78, 5) is 22.5. The number of aliphatic hydroxyl groups excluding tert-OH is 1. The Morgan fingerprint density at radius 3 is 2.45 bits per heavy atom. The van der Waals surface area contributed by atoms with Crippen LogP contribution in [0.4, 0.5) is 0 Å². The fourth-order valence-corrected chi connectivity index (χ4v) is 2.66. The molecule has 1 aliphatic rings. The van der Waals surface area contributed by atoms with Gasteiger partial charge in [0.05, 0.1) is 12.1 Å². The average molecular weight is 284 g/mol. The first-order valence-electron chi connectivity index (χ1n) is 6.84. The van der Waals surface area contributed by atoms with Gasteiger partial charge in [-0.3, -0.25) is 14.9 Å². The van der Waals surface area contributed by atoms with Crippen molar-refractivity contribution < 1.29 is 19.8 Å². The van der Waals surface area contributed by atoms with E-state index in [1.807, 2.05) is 13.8 Å². The molecule has 1 amide bonds. The lowest BCUT2D eigenvalue weighted by molar-refractivity contribution is -0.139. The smallest absolute Gasteiger partial charge is 0.320 e. The molecule has 0 spiro atoms. The molecule has 0 radical (unpaired) electrons. The molecule has 1 fully saturated rings. The fraction of sp³-hybridized carbons (Fsp3) is 0.714. The molecule has 0 aromatic carbocycles. The van der Waals surface area contributed by atoms with E-state index < -0.39 is 24.2 Å². The van der Waals surface area contributed by atoms with E-state index in [-0.39, 0.29) is 23.8 Å². The Bertz CT molecular complexity index is 383. The van der Waals surface area contributed by atoms with Crippen LogP contribution in [0.5, 0.6) is 0 Å². The molecular weight excluding hydrogens is 260 g/mol. The van der Waals surface area contributed by atoms with Crippen molar-refractivity contribution in [2.24, 2.45) is 11.8 Å². The lowest BCUT2D eigenvalue weighted by Gasteiger charge is -2.33. The zero-order valence-electron chi connectivity index (χ0n) is 12.2. The Morgan fingerprint density at radius 1 is 1.45 bits per heavy atom. The summed E-state index contributed by atoms with van der Waals surface area (Å²) in [7, 11) is 0. The van der Waals surface area contributed by atoms with Gasteiger partial charge in [-0.25, -0.2) is 0 Å². The van der Waals surface area contributed by atoms with Gasteiger partial charge in [-0.05, 0) is 18.3 Å². The first-order valence-corrected chi connectivity index (χ1v) is 6.84. The van der Waals surface area contributed by atoms with Crippen LogP contribution in [0, 0.1) is 11.8 Å². The van der Waals surface area contributed by atoms with E-state index in [0.717, 1.165) is 0 Å². The Labute approximate surface area is 119 Å². The molecule has 4 N–H and O–H groups in total. The van der Waals surface area contributed by atoms with Gasteiger partial charge in [0.2, 0.25) is 5.91 Å². The number of hydrogen-bond acceptors (Lipinski definition) is 4. The molecular formula is C14H24N2O4. The molecule has 6 heteroatoms. The molecule has 0 bridgehead atoms. The molecule has 1 aliphatic heterocycles. The van der Waals surface area contributed by atoms with Crippen LogP contribution >= 0.6 is 0 Å². The number of carboxylic acids is 1. The maximum atomic E-state index is 11.4. The van der Waals surface area contributed by atoms with Crippen molar-refractivity contribution in [3.63, 3.8) is 0 Å². The number of hydrogen-bond donors (Lipinski definition) is 4. The van der Waals surface area contributed by atoms with Crippen LogP contribution in [-0.2, 0) is 9.59 Å². The van der Waals surface area contributed by atoms with Crippen molar-refractivity contribution in [3.8, 4) is 0 Å². The first-order chi connectivity index (χ1) is 9.27. The lowest BCUT2D eigenvalue weighted by atomic mass is 9.87. The van der Waals surface area contributed by atoms with Crippen LogP contribution in [0.1, 0.15) is 27.2 Å². The summed E-state index contributed by atoms with van der Waals surface area (Å²) in [6.45, 7) is 8.81. The molecule has 1 rings (SSSR count). The molecule has 1 heterocycles. The molecule has 0 unspecified atom stereocenters. The zero-order chi connectivity index (χ0) is 15.4. The molecule has 1 saturated heterocycles. The Hall–Kier alpha value is -1.40. The minimum absolute atomic E-state index is 0.0528. The van der Waals surface area contributed by atoms with E-state index in [9.17, 15) is 14.7 Å². The van der Waals surface area contributed by atoms with Crippen molar-refractivity contribution >= 4 is 11.9 Å². The quantitative estimate of drug-likeness (QED) is 0.520. The highest BCUT2D eigenvalue weighted by molar-refractivity contribution is 5.75. The normalized spacial score (nSPS) is 28.9. The van der Waals surface area contributed by atoms with Crippen molar-refractivity contribution in [3.05, 3.63) is 12.7 Å². The third-order valence-corrected chi connectivity index (χ3v) is 3.77. The average Bonchev–Trinajstić information content (AvgIpc) is 2.78. The summed E-state index contributed by atoms with van der Waals surface area (Å²) in [6, 6.07) is -1.56. The number of amides is 1. The number of rotatable bonds is 6. The topological polar surface area (TPSA) is 98.7 Å². The van der Waals surface area contributed by atoms with E-state index in [1.165, 1.54) is 6.92 Å². The Kier molecular flexibility index (Phi) is 5.71. The van der Waals surface area contributed by atoms with E-state index in [1.54, 1.807) is 6.08 Å². The summed E-state index contributed by atoms with van der Waals surface area (Å²) in [5.74, 6) is -1.35. The summed E-state index contributed by atoms with van der Waals surface area (Å²) in [5, 5.41) is 25.1. The van der Waals surface area contributed by atoms with E-state index in [4.69, 9.17) is 5.11 Å². The van der Waals surface area contributed by atoms with Gasteiger partial charge in [-0.2, -0.15) is 0 Å². The van der Waals surface area contributed by atoms with Gasteiger partial charge in [0.1, 0.15) is 6.04 Å². The first kappa shape index (κ1) is 16.7. The highest BCUT2D eigenvalue weighted by atomic mass is 16.4. The molecule has 5 atom stereocenters. The zero-order valence-corrected chi connectivity index (χ0v) is 12.2. The van der Waals surface area contributed by atoms with E-state index >= 15 is 0 Å². The van der Waals surface area contributed by atoms with Crippen LogP contribution in [0.25, 0.3) is 0 Å². The maximum absolute atomic E-state index is 11.4. The van der Waals surface area contributed by atoms with E-state index in [2.05, 4.69) is 17.2 Å². The second kappa shape index (κ2) is 6.85. The van der Waals surface area contributed by atoms with Gasteiger partial charge < -0.3 is 15.5 Å². The van der Waals surface area contributed by atoms with Crippen molar-refractivity contribution in [1.29, 1.82) is 0 Å². The van der Waals surface area contributed by atoms with Gasteiger partial charge in [-0.1, -0.05) is 19.9 Å². The molecule has 6 nitrogen and oxygen atoms in total. The second-order valence-electron chi connectivity index (χ2n) is 5.68. The van der Waals surface area contributed by atoms with Crippen LogP contribution in [-0.4, -0.2) is 46.3 Å². The maximum Gasteiger partial charge on any atom is 0.320 e. The number of carbonyl (C=O) groups excluding carboxylic acids is 1. The second-order valence-corrected chi connectivity index (χ2v) is 5.68. The molecule has 20 heavy (non-hydrogen) atoms. The van der Waals surface area contributed by atoms with Crippen molar-refractivity contribution in [2.75, 3.05) is 0 Å². The number of nitrogens with one attached hydrogen (secondary N) is 2. The van der Waals surface area contributed by atoms with Crippen molar-refractivity contribution in [2.45, 2.75) is 51.4 Å². The predicted octanol–water partition coefficient (Wildman–Crippen LogP) is 0.125. The SMILES string of the molecule is C=C[C@@H]1C[C@H](C(=O)O)N[C@H]1[C@@H](NC(C)=O)[C@@H](O)C(C)C. The molecule has 114 valence electrons. The Balaban J connectivity index is 2.96. The molecule has 0 aliphatic carbocycles. The Morgan fingerprint density at radius 2 is 2.05 bits per heavy atom. The third-order valence-electron chi connectivity index (χ3n) is 3.77. The minimum Gasteiger partial charge on any atom is -0.480 e. The molecule has 0 aromatic heterocycles. The summed E-state index contributed by atoms with van der Waals surface area (Å²) >= 11 is 0. The number of aliphatic carboxylic acids is 1. The van der Waals surface area contributed by atoms with E-state index in [0.29, 0.717) is 6.42 Å². The monoisotopic (exact) mass is 284 g/mol. The summed E-state index contributed by atoms with van der Waals surface area (Å²) in [5.41, 5.74) is 0. The third kappa shape index (κ3) is 3.80. The number of carbonyl (C=O) groups is 2. The lowest BCUT2D eigenvalue weighted by Crippen LogP contribution is -2.57. The number of carboxylic acid groups (broad SMARTS) is 1. The van der Waals surface area contributed by atoms with Crippen LogP contribution < -0.4 is 10.6 Å². The van der Waals surface area contributed by atoms with Crippen LogP contribution in [0.3, 0.4) is 0 Å². The standard InChI is InChI=1S/C14H24N2O4/c1-5-9-6-10(14(19)20)16-11(9)12(15-8(4)17)13(18)7(2)3/h5,7,9-13,16,18H,1,6H2,2-4H3,(H,15,17)(H,19,20)/t9-,10-,11-,12-,13+/m1/s1. The largest absolute Gasteiger partial charge is 0.480 e. The molecule has 0 aromatic rings. The molecule has 0 saturated carbocycles. The van der Waals surface area contributed by atoms with Crippen LogP contribution in [0.15, 0.2) is 12.7 Å². The summed E-state index contributed by atoms with van der Waals surface area (Å²) in [6.07, 6.45) is 1.33. The van der Waals surface area contributed by atoms with Crippen LogP contribution in [0.2, 0.25) is 0 Å². The number of aliphatic hydroxyl groups is 1.